The summed E-state index contributed by atoms with van der Waals surface area (Å²) in [5.41, 5.74) is 5.31. The van der Waals surface area contributed by atoms with Crippen LogP contribution in [0.4, 0.5) is 18.9 Å². The van der Waals surface area contributed by atoms with Crippen LogP contribution in [0.15, 0.2) is 22.7 Å². The van der Waals surface area contributed by atoms with Crippen molar-refractivity contribution in [2.24, 2.45) is 5.73 Å². The predicted octanol–water partition coefficient (Wildman–Crippen LogP) is 3.41. The van der Waals surface area contributed by atoms with E-state index in [1.54, 1.807) is 12.0 Å². The highest BCUT2D eigenvalue weighted by atomic mass is 79.9. The Morgan fingerprint density at radius 1 is 1.43 bits per heavy atom. The Kier molecular flexibility index (Phi) is 5.16. The van der Waals surface area contributed by atoms with E-state index in [9.17, 15) is 13.2 Å². The Bertz CT molecular complexity index is 496. The molecular weight excluding hydrogens is 349 g/mol. The maximum absolute atomic E-state index is 13.2. The highest BCUT2D eigenvalue weighted by Crippen LogP contribution is 2.40. The van der Waals surface area contributed by atoms with Gasteiger partial charge in [0, 0.05) is 30.7 Å². The van der Waals surface area contributed by atoms with Crippen molar-refractivity contribution in [3.05, 3.63) is 28.2 Å². The van der Waals surface area contributed by atoms with Gasteiger partial charge in [-0.1, -0.05) is 15.9 Å². The molecule has 0 aromatic heterocycles. The van der Waals surface area contributed by atoms with Gasteiger partial charge in [-0.05, 0) is 31.0 Å². The van der Waals surface area contributed by atoms with E-state index in [1.165, 1.54) is 12.1 Å². The number of methoxy groups -OCH3 is 1. The van der Waals surface area contributed by atoms with Gasteiger partial charge in [-0.3, -0.25) is 0 Å². The van der Waals surface area contributed by atoms with Crippen molar-refractivity contribution >= 4 is 21.6 Å². The first kappa shape index (κ1) is 16.6. The molecule has 3 nitrogen and oxygen atoms in total. The first-order valence-electron chi connectivity index (χ1n) is 6.73. The normalized spacial score (nSPS) is 23.4. The van der Waals surface area contributed by atoms with E-state index >= 15 is 0 Å². The van der Waals surface area contributed by atoms with E-state index in [0.29, 0.717) is 30.4 Å². The predicted molar refractivity (Wildman–Crippen MR) is 79.4 cm³/mol. The Balaban J connectivity index is 2.38. The third kappa shape index (κ3) is 3.70. The molecular formula is C14H18BrF3N2O. The van der Waals surface area contributed by atoms with Crippen molar-refractivity contribution in [3.63, 3.8) is 0 Å². The fourth-order valence-electron chi connectivity index (χ4n) is 2.75. The van der Waals surface area contributed by atoms with E-state index < -0.39 is 11.7 Å². The van der Waals surface area contributed by atoms with Crippen LogP contribution in [-0.4, -0.2) is 32.3 Å². The molecule has 0 spiro atoms. The molecule has 0 aliphatic carbocycles. The van der Waals surface area contributed by atoms with Crippen molar-refractivity contribution < 1.29 is 17.9 Å². The summed E-state index contributed by atoms with van der Waals surface area (Å²) >= 11 is 3.25. The van der Waals surface area contributed by atoms with Gasteiger partial charge in [-0.15, -0.1) is 0 Å². The molecule has 1 heterocycles. The molecule has 1 aromatic carbocycles. The van der Waals surface area contributed by atoms with E-state index in [0.717, 1.165) is 6.07 Å². The monoisotopic (exact) mass is 366 g/mol. The lowest BCUT2D eigenvalue weighted by Crippen LogP contribution is -2.49. The second-order valence-corrected chi connectivity index (χ2v) is 6.04. The van der Waals surface area contributed by atoms with Crippen LogP contribution in [0.2, 0.25) is 0 Å². The van der Waals surface area contributed by atoms with Gasteiger partial charge < -0.3 is 15.4 Å². The largest absolute Gasteiger partial charge is 0.418 e. The number of alkyl halides is 3. The Hall–Kier alpha value is -0.790. The van der Waals surface area contributed by atoms with E-state index in [4.69, 9.17) is 10.5 Å². The number of ether oxygens (including phenoxy) is 1. The minimum absolute atomic E-state index is 0.0521. The third-order valence-electron chi connectivity index (χ3n) is 3.85. The van der Waals surface area contributed by atoms with Gasteiger partial charge in [0.1, 0.15) is 0 Å². The molecule has 1 aliphatic rings. The molecule has 1 fully saturated rings. The molecule has 1 aromatic rings. The summed E-state index contributed by atoms with van der Waals surface area (Å²) in [6.45, 7) is 0.795. The van der Waals surface area contributed by atoms with Crippen molar-refractivity contribution in [3.8, 4) is 0 Å². The minimum Gasteiger partial charge on any atom is -0.381 e. The summed E-state index contributed by atoms with van der Waals surface area (Å²) < 4.78 is 45.6. The fraction of sp³-hybridized carbons (Fsp3) is 0.571. The molecule has 2 unspecified atom stereocenters. The van der Waals surface area contributed by atoms with Crippen molar-refractivity contribution in [2.75, 3.05) is 25.1 Å². The Morgan fingerprint density at radius 3 is 2.71 bits per heavy atom. The van der Waals surface area contributed by atoms with Gasteiger partial charge in [-0.25, -0.2) is 0 Å². The number of benzene rings is 1. The molecule has 2 rings (SSSR count). The van der Waals surface area contributed by atoms with E-state index in [2.05, 4.69) is 15.9 Å². The quantitative estimate of drug-likeness (QED) is 0.890. The van der Waals surface area contributed by atoms with Crippen LogP contribution in [0, 0.1) is 0 Å². The van der Waals surface area contributed by atoms with Gasteiger partial charge in [0.05, 0.1) is 17.4 Å². The SMILES string of the molecule is COC1CCN(c2cc(Br)ccc2C(F)(F)F)C(CN)C1. The Morgan fingerprint density at radius 2 is 2.14 bits per heavy atom. The summed E-state index contributed by atoms with van der Waals surface area (Å²) in [5, 5.41) is 0. The molecule has 7 heteroatoms. The lowest BCUT2D eigenvalue weighted by molar-refractivity contribution is -0.137. The molecule has 1 aliphatic heterocycles. The summed E-state index contributed by atoms with van der Waals surface area (Å²) in [6.07, 6.45) is -3.00. The van der Waals surface area contributed by atoms with Crippen LogP contribution in [0.5, 0.6) is 0 Å². The number of rotatable bonds is 3. The van der Waals surface area contributed by atoms with Crippen LogP contribution in [0.1, 0.15) is 18.4 Å². The van der Waals surface area contributed by atoms with Crippen molar-refractivity contribution in [1.29, 1.82) is 0 Å². The zero-order valence-corrected chi connectivity index (χ0v) is 13.2. The molecule has 0 bridgehead atoms. The molecule has 2 N–H and O–H groups in total. The summed E-state index contributed by atoms with van der Waals surface area (Å²) in [6, 6.07) is 3.87. The first-order valence-corrected chi connectivity index (χ1v) is 7.52. The van der Waals surface area contributed by atoms with Crippen LogP contribution < -0.4 is 10.6 Å². The molecule has 1 saturated heterocycles. The average Bonchev–Trinajstić information content (AvgIpc) is 2.45. The number of hydrogen-bond acceptors (Lipinski definition) is 3. The summed E-state index contributed by atoms with van der Waals surface area (Å²) in [7, 11) is 1.62. The molecule has 0 radical (unpaired) electrons. The van der Waals surface area contributed by atoms with Crippen LogP contribution in [-0.2, 0) is 10.9 Å². The zero-order valence-electron chi connectivity index (χ0n) is 11.7. The summed E-state index contributed by atoms with van der Waals surface area (Å²) in [5.74, 6) is 0. The topological polar surface area (TPSA) is 38.5 Å². The van der Waals surface area contributed by atoms with E-state index in [1.807, 2.05) is 0 Å². The smallest absolute Gasteiger partial charge is 0.381 e. The molecule has 0 amide bonds. The average molecular weight is 367 g/mol. The second-order valence-electron chi connectivity index (χ2n) is 5.12. The number of anilines is 1. The molecule has 21 heavy (non-hydrogen) atoms. The lowest BCUT2D eigenvalue weighted by atomic mass is 9.97. The number of nitrogens with two attached hydrogens (primary N) is 1. The maximum Gasteiger partial charge on any atom is 0.418 e. The van der Waals surface area contributed by atoms with Crippen LogP contribution in [0.25, 0.3) is 0 Å². The Labute approximate surface area is 130 Å². The molecule has 2 atom stereocenters. The van der Waals surface area contributed by atoms with Crippen molar-refractivity contribution in [1.82, 2.24) is 0 Å². The fourth-order valence-corrected chi connectivity index (χ4v) is 3.10. The van der Waals surface area contributed by atoms with Crippen LogP contribution >= 0.6 is 15.9 Å². The number of hydrogen-bond donors (Lipinski definition) is 1. The van der Waals surface area contributed by atoms with Crippen molar-refractivity contribution in [2.45, 2.75) is 31.2 Å². The van der Waals surface area contributed by atoms with Gasteiger partial charge in [0.2, 0.25) is 0 Å². The number of piperidine rings is 1. The molecule has 118 valence electrons. The zero-order chi connectivity index (χ0) is 15.6. The lowest BCUT2D eigenvalue weighted by Gasteiger charge is -2.41. The summed E-state index contributed by atoms with van der Waals surface area (Å²) in [4.78, 5) is 1.75. The molecule has 0 saturated carbocycles. The highest BCUT2D eigenvalue weighted by molar-refractivity contribution is 9.10. The first-order chi connectivity index (χ1) is 9.86. The third-order valence-corrected chi connectivity index (χ3v) is 4.34. The number of halogens is 4. The van der Waals surface area contributed by atoms with Gasteiger partial charge in [-0.2, -0.15) is 13.2 Å². The van der Waals surface area contributed by atoms with E-state index in [-0.39, 0.29) is 17.8 Å². The van der Waals surface area contributed by atoms with Gasteiger partial charge >= 0.3 is 6.18 Å². The van der Waals surface area contributed by atoms with Gasteiger partial charge in [0.25, 0.3) is 0 Å². The van der Waals surface area contributed by atoms with Crippen LogP contribution in [0.3, 0.4) is 0 Å². The standard InChI is InChI=1S/C14H18BrF3N2O/c1-21-11-4-5-20(10(7-11)8-19)13-6-9(15)2-3-12(13)14(16,17)18/h2-3,6,10-11H,4-5,7-8,19H2,1H3. The maximum atomic E-state index is 13.2. The highest BCUT2D eigenvalue weighted by Gasteiger charge is 2.37. The second kappa shape index (κ2) is 6.54. The number of nitrogens with zero attached hydrogens (tertiary/aromatic N) is 1. The minimum atomic E-state index is -4.38. The van der Waals surface area contributed by atoms with Gasteiger partial charge in [0.15, 0.2) is 0 Å².